The zero-order chi connectivity index (χ0) is 15.2. The topological polar surface area (TPSA) is 49.4 Å². The summed E-state index contributed by atoms with van der Waals surface area (Å²) in [4.78, 5) is 26.6. The van der Waals surface area contributed by atoms with Crippen molar-refractivity contribution in [2.24, 2.45) is 17.8 Å². The Bertz CT molecular complexity index is 354. The SMILES string of the molecule is CC(C)CNC(=O)C1CCC(C(=O)N2CCCCC2)CC1. The number of amides is 2. The summed E-state index contributed by atoms with van der Waals surface area (Å²) in [6.07, 6.45) is 7.07. The molecule has 1 aliphatic carbocycles. The van der Waals surface area contributed by atoms with Crippen LogP contribution in [0.2, 0.25) is 0 Å². The molecule has 0 bridgehead atoms. The number of hydrogen-bond donors (Lipinski definition) is 1. The first-order valence-electron chi connectivity index (χ1n) is 8.64. The van der Waals surface area contributed by atoms with E-state index in [2.05, 4.69) is 19.2 Å². The summed E-state index contributed by atoms with van der Waals surface area (Å²) >= 11 is 0. The van der Waals surface area contributed by atoms with E-state index in [1.54, 1.807) is 0 Å². The van der Waals surface area contributed by atoms with Crippen LogP contribution in [0.5, 0.6) is 0 Å². The van der Waals surface area contributed by atoms with Gasteiger partial charge in [-0.3, -0.25) is 9.59 Å². The van der Waals surface area contributed by atoms with Crippen LogP contribution in [0.4, 0.5) is 0 Å². The van der Waals surface area contributed by atoms with Crippen molar-refractivity contribution in [3.05, 3.63) is 0 Å². The van der Waals surface area contributed by atoms with Crippen LogP contribution in [0, 0.1) is 17.8 Å². The second kappa shape index (κ2) is 7.81. The van der Waals surface area contributed by atoms with Gasteiger partial charge in [-0.15, -0.1) is 0 Å². The largest absolute Gasteiger partial charge is 0.356 e. The molecule has 1 N–H and O–H groups in total. The minimum absolute atomic E-state index is 0.120. The summed E-state index contributed by atoms with van der Waals surface area (Å²) in [5, 5.41) is 3.02. The smallest absolute Gasteiger partial charge is 0.225 e. The molecular weight excluding hydrogens is 264 g/mol. The maximum Gasteiger partial charge on any atom is 0.225 e. The molecular formula is C17H30N2O2. The van der Waals surface area contributed by atoms with Crippen molar-refractivity contribution in [1.29, 1.82) is 0 Å². The van der Waals surface area contributed by atoms with Crippen molar-refractivity contribution in [2.45, 2.75) is 58.8 Å². The Kier molecular flexibility index (Phi) is 6.07. The maximum atomic E-state index is 12.5. The fourth-order valence-corrected chi connectivity index (χ4v) is 3.42. The van der Waals surface area contributed by atoms with E-state index in [4.69, 9.17) is 0 Å². The molecule has 0 aromatic rings. The van der Waals surface area contributed by atoms with E-state index in [1.165, 1.54) is 6.42 Å². The lowest BCUT2D eigenvalue weighted by Crippen LogP contribution is -2.42. The van der Waals surface area contributed by atoms with Gasteiger partial charge < -0.3 is 10.2 Å². The van der Waals surface area contributed by atoms with E-state index in [0.717, 1.165) is 58.2 Å². The fraction of sp³-hybridized carbons (Fsp3) is 0.882. The number of nitrogens with one attached hydrogen (secondary N) is 1. The molecule has 2 fully saturated rings. The van der Waals surface area contributed by atoms with Crippen LogP contribution < -0.4 is 5.32 Å². The molecule has 0 radical (unpaired) electrons. The standard InChI is InChI=1S/C17H30N2O2/c1-13(2)12-18-16(20)14-6-8-15(9-7-14)17(21)19-10-4-3-5-11-19/h13-15H,3-12H2,1-2H3,(H,18,20). The third-order valence-electron chi connectivity index (χ3n) is 4.80. The molecule has 4 nitrogen and oxygen atoms in total. The van der Waals surface area contributed by atoms with Crippen LogP contribution in [0.1, 0.15) is 58.8 Å². The van der Waals surface area contributed by atoms with Crippen LogP contribution in [-0.4, -0.2) is 36.3 Å². The number of nitrogens with zero attached hydrogens (tertiary/aromatic N) is 1. The first-order chi connectivity index (χ1) is 10.1. The van der Waals surface area contributed by atoms with Crippen LogP contribution in [0.3, 0.4) is 0 Å². The van der Waals surface area contributed by atoms with Gasteiger partial charge in [-0.05, 0) is 50.9 Å². The molecule has 2 amide bonds. The molecule has 1 saturated heterocycles. The lowest BCUT2D eigenvalue weighted by Gasteiger charge is -2.33. The highest BCUT2D eigenvalue weighted by molar-refractivity contribution is 5.81. The van der Waals surface area contributed by atoms with E-state index in [-0.39, 0.29) is 17.7 Å². The van der Waals surface area contributed by atoms with Crippen LogP contribution >= 0.6 is 0 Å². The zero-order valence-corrected chi connectivity index (χ0v) is 13.6. The van der Waals surface area contributed by atoms with Gasteiger partial charge in [0.15, 0.2) is 0 Å². The number of carbonyl (C=O) groups is 2. The van der Waals surface area contributed by atoms with Gasteiger partial charge in [0.1, 0.15) is 0 Å². The van der Waals surface area contributed by atoms with Crippen LogP contribution in [0.25, 0.3) is 0 Å². The molecule has 21 heavy (non-hydrogen) atoms. The number of carbonyl (C=O) groups excluding carboxylic acids is 2. The molecule has 120 valence electrons. The Labute approximate surface area is 128 Å². The third kappa shape index (κ3) is 4.72. The molecule has 0 aromatic carbocycles. The average Bonchev–Trinajstić information content (AvgIpc) is 2.53. The Hall–Kier alpha value is -1.06. The molecule has 2 aliphatic rings. The highest BCUT2D eigenvalue weighted by atomic mass is 16.2. The van der Waals surface area contributed by atoms with Gasteiger partial charge in [-0.25, -0.2) is 0 Å². The van der Waals surface area contributed by atoms with E-state index in [1.807, 2.05) is 4.90 Å². The Morgan fingerprint density at radius 1 is 1.00 bits per heavy atom. The van der Waals surface area contributed by atoms with E-state index in [9.17, 15) is 9.59 Å². The third-order valence-corrected chi connectivity index (χ3v) is 4.80. The normalized spacial score (nSPS) is 26.7. The van der Waals surface area contributed by atoms with E-state index < -0.39 is 0 Å². The number of hydrogen-bond acceptors (Lipinski definition) is 2. The molecule has 0 aromatic heterocycles. The van der Waals surface area contributed by atoms with Gasteiger partial charge in [-0.2, -0.15) is 0 Å². The number of rotatable bonds is 4. The zero-order valence-electron chi connectivity index (χ0n) is 13.6. The van der Waals surface area contributed by atoms with Gasteiger partial charge in [0.2, 0.25) is 11.8 Å². The monoisotopic (exact) mass is 294 g/mol. The van der Waals surface area contributed by atoms with Crippen molar-refractivity contribution in [1.82, 2.24) is 10.2 Å². The first-order valence-corrected chi connectivity index (χ1v) is 8.64. The fourth-order valence-electron chi connectivity index (χ4n) is 3.42. The molecule has 2 rings (SSSR count). The van der Waals surface area contributed by atoms with Crippen molar-refractivity contribution in [3.63, 3.8) is 0 Å². The molecule has 1 heterocycles. The number of likely N-dealkylation sites (tertiary alicyclic amines) is 1. The lowest BCUT2D eigenvalue weighted by molar-refractivity contribution is -0.139. The van der Waals surface area contributed by atoms with Crippen molar-refractivity contribution in [2.75, 3.05) is 19.6 Å². The average molecular weight is 294 g/mol. The minimum atomic E-state index is 0.120. The first kappa shape index (κ1) is 16.3. The summed E-state index contributed by atoms with van der Waals surface area (Å²) in [7, 11) is 0. The predicted molar refractivity (Wildman–Crippen MR) is 83.7 cm³/mol. The van der Waals surface area contributed by atoms with Gasteiger partial charge in [0.05, 0.1) is 0 Å². The van der Waals surface area contributed by atoms with Crippen molar-refractivity contribution in [3.8, 4) is 0 Å². The summed E-state index contributed by atoms with van der Waals surface area (Å²) in [5.74, 6) is 1.31. The minimum Gasteiger partial charge on any atom is -0.356 e. The van der Waals surface area contributed by atoms with Gasteiger partial charge in [0.25, 0.3) is 0 Å². The second-order valence-electron chi connectivity index (χ2n) is 7.07. The van der Waals surface area contributed by atoms with Gasteiger partial charge in [0, 0.05) is 31.5 Å². The van der Waals surface area contributed by atoms with E-state index in [0.29, 0.717) is 11.8 Å². The molecule has 1 aliphatic heterocycles. The Balaban J connectivity index is 1.74. The molecule has 1 saturated carbocycles. The Morgan fingerprint density at radius 3 is 2.14 bits per heavy atom. The van der Waals surface area contributed by atoms with Crippen LogP contribution in [0.15, 0.2) is 0 Å². The summed E-state index contributed by atoms with van der Waals surface area (Å²) in [5.41, 5.74) is 0. The summed E-state index contributed by atoms with van der Waals surface area (Å²) in [6, 6.07) is 0. The van der Waals surface area contributed by atoms with Crippen LogP contribution in [-0.2, 0) is 9.59 Å². The second-order valence-corrected chi connectivity index (χ2v) is 7.07. The van der Waals surface area contributed by atoms with Crippen molar-refractivity contribution >= 4 is 11.8 Å². The predicted octanol–water partition coefficient (Wildman–Crippen LogP) is 2.58. The quantitative estimate of drug-likeness (QED) is 0.866. The van der Waals surface area contributed by atoms with E-state index >= 15 is 0 Å². The molecule has 0 atom stereocenters. The maximum absolute atomic E-state index is 12.5. The van der Waals surface area contributed by atoms with Gasteiger partial charge >= 0.3 is 0 Å². The highest BCUT2D eigenvalue weighted by Gasteiger charge is 2.32. The molecule has 0 spiro atoms. The van der Waals surface area contributed by atoms with Crippen molar-refractivity contribution < 1.29 is 9.59 Å². The number of piperidine rings is 1. The summed E-state index contributed by atoms with van der Waals surface area (Å²) < 4.78 is 0. The lowest BCUT2D eigenvalue weighted by atomic mass is 9.80. The molecule has 4 heteroatoms. The summed E-state index contributed by atoms with van der Waals surface area (Å²) in [6.45, 7) is 6.84. The molecule has 0 unspecified atom stereocenters. The highest BCUT2D eigenvalue weighted by Crippen LogP contribution is 2.30. The Morgan fingerprint density at radius 2 is 1.57 bits per heavy atom. The van der Waals surface area contributed by atoms with Gasteiger partial charge in [-0.1, -0.05) is 13.8 Å².